The molecule has 0 heterocycles. The Balaban J connectivity index is 2.63. The quantitative estimate of drug-likeness (QED) is 0.676. The first-order valence-corrected chi connectivity index (χ1v) is 5.37. The lowest BCUT2D eigenvalue weighted by Gasteiger charge is -2.16. The molecule has 0 spiro atoms. The fraction of sp³-hybridized carbons (Fsp3) is 0.417. The number of hydrogen-bond donors (Lipinski definition) is 3. The summed E-state index contributed by atoms with van der Waals surface area (Å²) in [5.74, 6) is -0.250. The van der Waals surface area contributed by atoms with Gasteiger partial charge in [0.2, 0.25) is 0 Å². The lowest BCUT2D eigenvalue weighted by molar-refractivity contribution is 0.0878. The van der Waals surface area contributed by atoms with Crippen molar-refractivity contribution in [1.29, 1.82) is 0 Å². The number of nitrogens with one attached hydrogen (secondary N) is 1. The van der Waals surface area contributed by atoms with Gasteiger partial charge in [0, 0.05) is 19.3 Å². The molecule has 0 saturated heterocycles. The van der Waals surface area contributed by atoms with E-state index in [1.54, 1.807) is 12.1 Å². The third-order valence-electron chi connectivity index (χ3n) is 2.29. The number of aliphatic hydroxyl groups excluding tert-OH is 1. The first kappa shape index (κ1) is 13.5. The normalized spacial score (nSPS) is 12.1. The van der Waals surface area contributed by atoms with Crippen molar-refractivity contribution in [3.05, 3.63) is 29.8 Å². The van der Waals surface area contributed by atoms with Crippen LogP contribution < -0.4 is 5.32 Å². The van der Waals surface area contributed by atoms with Crippen LogP contribution in [0.15, 0.2) is 24.3 Å². The molecule has 3 N–H and O–H groups in total. The Labute approximate surface area is 100 Å². The van der Waals surface area contributed by atoms with E-state index in [-0.39, 0.29) is 24.3 Å². The zero-order valence-electron chi connectivity index (χ0n) is 9.72. The Morgan fingerprint density at radius 1 is 1.53 bits per heavy atom. The van der Waals surface area contributed by atoms with Gasteiger partial charge in [-0.05, 0) is 24.6 Å². The molecule has 1 unspecified atom stereocenters. The summed E-state index contributed by atoms with van der Waals surface area (Å²) in [5.41, 5.74) is 0.379. The van der Waals surface area contributed by atoms with Crippen LogP contribution in [-0.4, -0.2) is 42.5 Å². The summed E-state index contributed by atoms with van der Waals surface area (Å²) in [6.45, 7) is 0.319. The highest BCUT2D eigenvalue weighted by Gasteiger charge is 2.13. The summed E-state index contributed by atoms with van der Waals surface area (Å²) in [6.07, 6.45) is 0.429. The minimum atomic E-state index is -0.295. The van der Waals surface area contributed by atoms with Crippen LogP contribution >= 0.6 is 0 Å². The molecule has 17 heavy (non-hydrogen) atoms. The van der Waals surface area contributed by atoms with Crippen molar-refractivity contribution in [3.63, 3.8) is 0 Å². The van der Waals surface area contributed by atoms with Crippen LogP contribution in [0.25, 0.3) is 0 Å². The first-order valence-electron chi connectivity index (χ1n) is 5.37. The highest BCUT2D eigenvalue weighted by molar-refractivity contribution is 5.94. The average Bonchev–Trinajstić information content (AvgIpc) is 2.29. The molecule has 5 nitrogen and oxygen atoms in total. The molecule has 0 aliphatic rings. The average molecular weight is 239 g/mol. The smallest absolute Gasteiger partial charge is 0.251 e. The van der Waals surface area contributed by atoms with E-state index >= 15 is 0 Å². The second-order valence-corrected chi connectivity index (χ2v) is 3.69. The van der Waals surface area contributed by atoms with Crippen LogP contribution in [0.4, 0.5) is 0 Å². The van der Waals surface area contributed by atoms with E-state index in [1.807, 2.05) is 0 Å². The van der Waals surface area contributed by atoms with Gasteiger partial charge in [0.1, 0.15) is 5.75 Å². The van der Waals surface area contributed by atoms with Crippen LogP contribution in [0, 0.1) is 0 Å². The summed E-state index contributed by atoms with van der Waals surface area (Å²) in [4.78, 5) is 11.8. The molecule has 1 aromatic rings. The maximum absolute atomic E-state index is 11.8. The molecule has 0 aliphatic carbocycles. The number of phenolic OH excluding ortho intramolecular Hbond substituents is 1. The van der Waals surface area contributed by atoms with Crippen LogP contribution in [0.1, 0.15) is 16.8 Å². The number of rotatable bonds is 6. The molecule has 0 saturated carbocycles. The minimum Gasteiger partial charge on any atom is -0.508 e. The van der Waals surface area contributed by atoms with Gasteiger partial charge in [-0.25, -0.2) is 0 Å². The van der Waals surface area contributed by atoms with Gasteiger partial charge in [-0.1, -0.05) is 6.07 Å². The van der Waals surface area contributed by atoms with E-state index in [0.29, 0.717) is 18.6 Å². The predicted molar refractivity (Wildman–Crippen MR) is 62.9 cm³/mol. The lowest BCUT2D eigenvalue weighted by Crippen LogP contribution is -2.38. The molecule has 0 fully saturated rings. The van der Waals surface area contributed by atoms with Crippen LogP contribution in [0.3, 0.4) is 0 Å². The van der Waals surface area contributed by atoms with E-state index in [9.17, 15) is 9.90 Å². The number of hydrogen-bond acceptors (Lipinski definition) is 4. The van der Waals surface area contributed by atoms with Crippen LogP contribution in [0.5, 0.6) is 5.75 Å². The molecular formula is C12H17NO4. The molecule has 1 atom stereocenters. The topological polar surface area (TPSA) is 78.8 Å². The SMILES string of the molecule is COCC(CCO)NC(=O)c1cccc(O)c1. The highest BCUT2D eigenvalue weighted by Crippen LogP contribution is 2.11. The van der Waals surface area contributed by atoms with Crippen molar-refractivity contribution >= 4 is 5.91 Å². The maximum Gasteiger partial charge on any atom is 0.251 e. The number of phenols is 1. The van der Waals surface area contributed by atoms with Gasteiger partial charge in [-0.3, -0.25) is 4.79 Å². The zero-order chi connectivity index (χ0) is 12.7. The van der Waals surface area contributed by atoms with Crippen molar-refractivity contribution in [1.82, 2.24) is 5.32 Å². The number of carbonyl (C=O) groups is 1. The van der Waals surface area contributed by atoms with Gasteiger partial charge < -0.3 is 20.3 Å². The van der Waals surface area contributed by atoms with Crippen molar-refractivity contribution in [2.24, 2.45) is 0 Å². The Hall–Kier alpha value is -1.59. The molecule has 1 rings (SSSR count). The van der Waals surface area contributed by atoms with Gasteiger partial charge >= 0.3 is 0 Å². The zero-order valence-corrected chi connectivity index (χ0v) is 9.72. The summed E-state index contributed by atoms with van der Waals surface area (Å²) in [7, 11) is 1.53. The largest absolute Gasteiger partial charge is 0.508 e. The monoisotopic (exact) mass is 239 g/mol. The second kappa shape index (κ2) is 6.88. The molecule has 0 radical (unpaired) electrons. The summed E-state index contributed by atoms with van der Waals surface area (Å²) in [5, 5.41) is 20.8. The fourth-order valence-electron chi connectivity index (χ4n) is 1.47. The second-order valence-electron chi connectivity index (χ2n) is 3.69. The third kappa shape index (κ3) is 4.42. The number of ether oxygens (including phenoxy) is 1. The van der Waals surface area contributed by atoms with E-state index in [0.717, 1.165) is 0 Å². The number of benzene rings is 1. The molecule has 0 aromatic heterocycles. The van der Waals surface area contributed by atoms with E-state index in [2.05, 4.69) is 5.32 Å². The van der Waals surface area contributed by atoms with Crippen molar-refractivity contribution in [2.45, 2.75) is 12.5 Å². The highest BCUT2D eigenvalue weighted by atomic mass is 16.5. The third-order valence-corrected chi connectivity index (χ3v) is 2.29. The molecule has 0 aliphatic heterocycles. The number of aromatic hydroxyl groups is 1. The standard InChI is InChI=1S/C12H17NO4/c1-17-8-10(5-6-14)13-12(16)9-3-2-4-11(15)7-9/h2-4,7,10,14-15H,5-6,8H2,1H3,(H,13,16). The molecule has 5 heteroatoms. The van der Waals surface area contributed by atoms with Gasteiger partial charge in [0.25, 0.3) is 5.91 Å². The number of methoxy groups -OCH3 is 1. The van der Waals surface area contributed by atoms with Crippen LogP contribution in [-0.2, 0) is 4.74 Å². The maximum atomic E-state index is 11.8. The Bertz CT molecular complexity index is 361. The lowest BCUT2D eigenvalue weighted by atomic mass is 10.1. The van der Waals surface area contributed by atoms with Crippen molar-refractivity contribution in [2.75, 3.05) is 20.3 Å². The summed E-state index contributed by atoms with van der Waals surface area (Å²) in [6, 6.07) is 5.86. The Morgan fingerprint density at radius 2 is 2.29 bits per heavy atom. The molecule has 94 valence electrons. The van der Waals surface area contributed by atoms with Gasteiger partial charge in [0.15, 0.2) is 0 Å². The van der Waals surface area contributed by atoms with Crippen LogP contribution in [0.2, 0.25) is 0 Å². The first-order chi connectivity index (χ1) is 8.17. The minimum absolute atomic E-state index is 0.0195. The Kier molecular flexibility index (Phi) is 5.45. The van der Waals surface area contributed by atoms with Crippen molar-refractivity contribution < 1.29 is 19.7 Å². The fourth-order valence-corrected chi connectivity index (χ4v) is 1.47. The molecule has 0 bridgehead atoms. The van der Waals surface area contributed by atoms with E-state index < -0.39 is 0 Å². The molecular weight excluding hydrogens is 222 g/mol. The number of amides is 1. The number of aliphatic hydroxyl groups is 1. The summed E-state index contributed by atoms with van der Waals surface area (Å²) >= 11 is 0. The number of carbonyl (C=O) groups excluding carboxylic acids is 1. The molecule has 1 aromatic carbocycles. The van der Waals surface area contributed by atoms with Gasteiger partial charge in [0.05, 0.1) is 12.6 Å². The molecule has 1 amide bonds. The Morgan fingerprint density at radius 3 is 2.88 bits per heavy atom. The van der Waals surface area contributed by atoms with Crippen molar-refractivity contribution in [3.8, 4) is 5.75 Å². The van der Waals surface area contributed by atoms with Gasteiger partial charge in [-0.15, -0.1) is 0 Å². The van der Waals surface area contributed by atoms with Gasteiger partial charge in [-0.2, -0.15) is 0 Å². The van der Waals surface area contributed by atoms with E-state index in [1.165, 1.54) is 19.2 Å². The summed E-state index contributed by atoms with van der Waals surface area (Å²) < 4.78 is 4.94. The predicted octanol–water partition coefficient (Wildman–Crippen LogP) is 0.519. The van der Waals surface area contributed by atoms with E-state index in [4.69, 9.17) is 9.84 Å².